The van der Waals surface area contributed by atoms with Crippen molar-refractivity contribution in [2.45, 2.75) is 25.3 Å². The quantitative estimate of drug-likeness (QED) is 0.555. The van der Waals surface area contributed by atoms with Crippen LogP contribution >= 0.6 is 0 Å². The van der Waals surface area contributed by atoms with E-state index in [9.17, 15) is 4.79 Å². The minimum absolute atomic E-state index is 0.112. The third-order valence-corrected chi connectivity index (χ3v) is 4.64. The summed E-state index contributed by atoms with van der Waals surface area (Å²) in [7, 11) is 1.73. The highest BCUT2D eigenvalue weighted by atomic mass is 16.4. The van der Waals surface area contributed by atoms with Crippen LogP contribution in [0.15, 0.2) is 51.3 Å². The molecule has 1 aliphatic carbocycles. The van der Waals surface area contributed by atoms with Gasteiger partial charge in [-0.15, -0.1) is 0 Å². The topological polar surface area (TPSA) is 72.4 Å². The van der Waals surface area contributed by atoms with E-state index in [0.29, 0.717) is 29.5 Å². The van der Waals surface area contributed by atoms with Gasteiger partial charge in [-0.25, -0.2) is 9.97 Å². The number of rotatable bonds is 4. The highest BCUT2D eigenvalue weighted by Crippen LogP contribution is 2.40. The first-order valence-electron chi connectivity index (χ1n) is 8.68. The van der Waals surface area contributed by atoms with E-state index < -0.39 is 0 Å². The van der Waals surface area contributed by atoms with E-state index in [4.69, 9.17) is 8.83 Å². The summed E-state index contributed by atoms with van der Waals surface area (Å²) < 4.78 is 11.5. The van der Waals surface area contributed by atoms with Crippen LogP contribution < -0.4 is 0 Å². The van der Waals surface area contributed by atoms with Crippen molar-refractivity contribution in [3.8, 4) is 0 Å². The molecule has 0 saturated heterocycles. The molecule has 4 aromatic rings. The normalized spacial score (nSPS) is 14.2. The van der Waals surface area contributed by atoms with E-state index in [1.807, 2.05) is 30.3 Å². The standard InChI is InChI=1S/C20H17N3O3/c1-23(11-18-21-14-4-2-3-5-16(14)25-18)20(24)13-8-9-15-17(10-13)26-19(22-15)12-6-7-12/h2-5,8-10,12H,6-7,11H2,1H3. The molecule has 130 valence electrons. The molecule has 2 aromatic carbocycles. The first-order valence-corrected chi connectivity index (χ1v) is 8.68. The number of oxazole rings is 2. The van der Waals surface area contributed by atoms with Crippen LogP contribution in [0, 0.1) is 0 Å². The molecule has 0 spiro atoms. The second-order valence-electron chi connectivity index (χ2n) is 6.75. The molecular formula is C20H17N3O3. The van der Waals surface area contributed by atoms with Crippen molar-refractivity contribution in [1.82, 2.24) is 14.9 Å². The lowest BCUT2D eigenvalue weighted by Gasteiger charge is -2.14. The Morgan fingerprint density at radius 1 is 1.08 bits per heavy atom. The van der Waals surface area contributed by atoms with Crippen LogP contribution in [0.2, 0.25) is 0 Å². The van der Waals surface area contributed by atoms with Gasteiger partial charge in [0, 0.05) is 18.5 Å². The average molecular weight is 347 g/mol. The predicted octanol–water partition coefficient (Wildman–Crippen LogP) is 4.12. The Morgan fingerprint density at radius 2 is 1.88 bits per heavy atom. The lowest BCUT2D eigenvalue weighted by molar-refractivity contribution is 0.0773. The third kappa shape index (κ3) is 2.63. The number of aromatic nitrogens is 2. The van der Waals surface area contributed by atoms with Crippen molar-refractivity contribution in [3.05, 3.63) is 59.8 Å². The molecule has 5 rings (SSSR count). The summed E-state index contributed by atoms with van der Waals surface area (Å²) in [5.41, 5.74) is 3.53. The zero-order valence-corrected chi connectivity index (χ0v) is 14.3. The van der Waals surface area contributed by atoms with Gasteiger partial charge in [0.15, 0.2) is 17.1 Å². The molecule has 1 fully saturated rings. The van der Waals surface area contributed by atoms with Crippen molar-refractivity contribution in [1.29, 1.82) is 0 Å². The third-order valence-electron chi connectivity index (χ3n) is 4.64. The minimum atomic E-state index is -0.112. The predicted molar refractivity (Wildman–Crippen MR) is 95.8 cm³/mol. The SMILES string of the molecule is CN(Cc1nc2ccccc2o1)C(=O)c1ccc2nc(C3CC3)oc2c1. The number of carbonyl (C=O) groups is 1. The molecule has 0 bridgehead atoms. The molecule has 1 amide bonds. The van der Waals surface area contributed by atoms with Crippen molar-refractivity contribution in [3.63, 3.8) is 0 Å². The summed E-state index contributed by atoms with van der Waals surface area (Å²) in [5.74, 6) is 1.63. The summed E-state index contributed by atoms with van der Waals surface area (Å²) in [5, 5.41) is 0. The number of para-hydroxylation sites is 2. The lowest BCUT2D eigenvalue weighted by Crippen LogP contribution is -2.26. The van der Waals surface area contributed by atoms with Gasteiger partial charge in [-0.05, 0) is 43.2 Å². The smallest absolute Gasteiger partial charge is 0.254 e. The Labute approximate surface area is 149 Å². The Balaban J connectivity index is 1.38. The summed E-state index contributed by atoms with van der Waals surface area (Å²) in [6, 6.07) is 12.9. The van der Waals surface area contributed by atoms with E-state index in [1.54, 1.807) is 24.1 Å². The highest BCUT2D eigenvalue weighted by Gasteiger charge is 2.29. The van der Waals surface area contributed by atoms with Crippen LogP contribution in [0.4, 0.5) is 0 Å². The van der Waals surface area contributed by atoms with Crippen LogP contribution in [0.25, 0.3) is 22.2 Å². The van der Waals surface area contributed by atoms with Gasteiger partial charge in [0.1, 0.15) is 11.0 Å². The molecule has 0 atom stereocenters. The van der Waals surface area contributed by atoms with E-state index in [-0.39, 0.29) is 5.91 Å². The van der Waals surface area contributed by atoms with Crippen LogP contribution in [0.5, 0.6) is 0 Å². The van der Waals surface area contributed by atoms with Crippen LogP contribution in [-0.2, 0) is 6.54 Å². The van der Waals surface area contributed by atoms with E-state index >= 15 is 0 Å². The molecule has 1 aliphatic rings. The number of carbonyl (C=O) groups excluding carboxylic acids is 1. The second kappa shape index (κ2) is 5.69. The first kappa shape index (κ1) is 15.1. The molecule has 0 radical (unpaired) electrons. The molecular weight excluding hydrogens is 330 g/mol. The summed E-state index contributed by atoms with van der Waals surface area (Å²) in [4.78, 5) is 23.3. The Hall–Kier alpha value is -3.15. The molecule has 26 heavy (non-hydrogen) atoms. The molecule has 0 aliphatic heterocycles. The fourth-order valence-electron chi connectivity index (χ4n) is 3.06. The molecule has 0 N–H and O–H groups in total. The van der Waals surface area contributed by atoms with Crippen LogP contribution in [0.1, 0.15) is 40.9 Å². The van der Waals surface area contributed by atoms with Crippen molar-refractivity contribution in [2.24, 2.45) is 0 Å². The number of nitrogens with zero attached hydrogens (tertiary/aromatic N) is 3. The zero-order chi connectivity index (χ0) is 17.7. The molecule has 6 heteroatoms. The van der Waals surface area contributed by atoms with Gasteiger partial charge in [0.25, 0.3) is 5.91 Å². The van der Waals surface area contributed by atoms with Gasteiger partial charge in [-0.1, -0.05) is 12.1 Å². The molecule has 1 saturated carbocycles. The van der Waals surface area contributed by atoms with Crippen molar-refractivity contribution in [2.75, 3.05) is 7.05 Å². The van der Waals surface area contributed by atoms with E-state index in [0.717, 1.165) is 35.3 Å². The molecule has 6 nitrogen and oxygen atoms in total. The Morgan fingerprint density at radius 3 is 2.69 bits per heavy atom. The second-order valence-corrected chi connectivity index (χ2v) is 6.75. The fourth-order valence-corrected chi connectivity index (χ4v) is 3.06. The number of hydrogen-bond acceptors (Lipinski definition) is 5. The summed E-state index contributed by atoms with van der Waals surface area (Å²) in [6.45, 7) is 0.301. The molecule has 0 unspecified atom stereocenters. The van der Waals surface area contributed by atoms with Crippen LogP contribution in [-0.4, -0.2) is 27.8 Å². The maximum absolute atomic E-state index is 12.8. The van der Waals surface area contributed by atoms with E-state index in [2.05, 4.69) is 9.97 Å². The molecule has 2 aromatic heterocycles. The summed E-state index contributed by atoms with van der Waals surface area (Å²) >= 11 is 0. The Kier molecular flexibility index (Phi) is 3.31. The van der Waals surface area contributed by atoms with Gasteiger partial charge in [0.05, 0.1) is 6.54 Å². The lowest BCUT2D eigenvalue weighted by atomic mass is 10.2. The van der Waals surface area contributed by atoms with Crippen molar-refractivity contribution < 1.29 is 13.6 Å². The van der Waals surface area contributed by atoms with Gasteiger partial charge in [0.2, 0.25) is 5.89 Å². The average Bonchev–Trinajstić information content (AvgIpc) is 3.28. The largest absolute Gasteiger partial charge is 0.440 e. The van der Waals surface area contributed by atoms with Gasteiger partial charge < -0.3 is 13.7 Å². The number of fused-ring (bicyclic) bond motifs is 2. The number of benzene rings is 2. The maximum Gasteiger partial charge on any atom is 0.254 e. The van der Waals surface area contributed by atoms with Gasteiger partial charge >= 0.3 is 0 Å². The van der Waals surface area contributed by atoms with Crippen molar-refractivity contribution >= 4 is 28.1 Å². The fraction of sp³-hybridized carbons (Fsp3) is 0.250. The van der Waals surface area contributed by atoms with Gasteiger partial charge in [-0.2, -0.15) is 0 Å². The minimum Gasteiger partial charge on any atom is -0.440 e. The first-order chi connectivity index (χ1) is 12.7. The highest BCUT2D eigenvalue weighted by molar-refractivity contribution is 5.96. The van der Waals surface area contributed by atoms with Crippen LogP contribution in [0.3, 0.4) is 0 Å². The van der Waals surface area contributed by atoms with Gasteiger partial charge in [-0.3, -0.25) is 4.79 Å². The number of hydrogen-bond donors (Lipinski definition) is 0. The number of amides is 1. The summed E-state index contributed by atoms with van der Waals surface area (Å²) in [6.07, 6.45) is 2.26. The Bertz CT molecular complexity index is 1090. The van der Waals surface area contributed by atoms with E-state index in [1.165, 1.54) is 0 Å². The zero-order valence-electron chi connectivity index (χ0n) is 14.3. The maximum atomic E-state index is 12.8. The monoisotopic (exact) mass is 347 g/mol. The molecule has 2 heterocycles.